The lowest BCUT2D eigenvalue weighted by Crippen LogP contribution is -2.24. The average molecular weight is 224 g/mol. The minimum absolute atomic E-state index is 0.196. The molecule has 0 saturated carbocycles. The molecule has 1 N–H and O–H groups in total. The maximum Gasteiger partial charge on any atom is 0.270 e. The molecule has 0 aliphatic carbocycles. The molecule has 2 rings (SSSR count). The molecule has 0 radical (unpaired) electrons. The summed E-state index contributed by atoms with van der Waals surface area (Å²) in [7, 11) is 0. The molecule has 0 saturated heterocycles. The minimum Gasteiger partial charge on any atom is -0.340 e. The molecule has 0 bridgehead atoms. The monoisotopic (exact) mass is 224 g/mol. The van der Waals surface area contributed by atoms with E-state index >= 15 is 0 Å². The van der Waals surface area contributed by atoms with Crippen molar-refractivity contribution in [3.8, 4) is 11.8 Å². The van der Waals surface area contributed by atoms with Gasteiger partial charge in [0.2, 0.25) is 0 Å². The highest BCUT2D eigenvalue weighted by molar-refractivity contribution is 5.94. The van der Waals surface area contributed by atoms with Crippen molar-refractivity contribution in [3.63, 3.8) is 0 Å². The van der Waals surface area contributed by atoms with E-state index in [2.05, 4.69) is 22.1 Å². The van der Waals surface area contributed by atoms with Crippen LogP contribution in [0, 0.1) is 11.8 Å². The molecule has 1 amide bonds. The third-order valence-corrected chi connectivity index (χ3v) is 2.35. The highest BCUT2D eigenvalue weighted by Crippen LogP contribution is 2.11. The van der Waals surface area contributed by atoms with Crippen LogP contribution in [0.1, 0.15) is 17.4 Å². The molecule has 1 aromatic heterocycles. The first-order valence-electron chi connectivity index (χ1n) is 5.35. The van der Waals surface area contributed by atoms with Gasteiger partial charge in [-0.1, -0.05) is 30.2 Å². The van der Waals surface area contributed by atoms with Crippen LogP contribution in [0.2, 0.25) is 0 Å². The zero-order valence-electron chi connectivity index (χ0n) is 9.53. The van der Waals surface area contributed by atoms with Gasteiger partial charge in [0.15, 0.2) is 0 Å². The van der Waals surface area contributed by atoms with Crippen molar-refractivity contribution in [3.05, 3.63) is 42.1 Å². The van der Waals surface area contributed by atoms with E-state index in [9.17, 15) is 4.79 Å². The van der Waals surface area contributed by atoms with Crippen LogP contribution in [0.5, 0.6) is 0 Å². The molecule has 0 atom stereocenters. The smallest absolute Gasteiger partial charge is 0.270 e. The van der Waals surface area contributed by atoms with Crippen LogP contribution in [0.4, 0.5) is 0 Å². The number of benzene rings is 1. The van der Waals surface area contributed by atoms with Crippen LogP contribution in [0.3, 0.4) is 0 Å². The quantitative estimate of drug-likeness (QED) is 0.793. The van der Waals surface area contributed by atoms with E-state index in [0.717, 1.165) is 10.9 Å². The number of carbonyl (C=O) groups is 1. The summed E-state index contributed by atoms with van der Waals surface area (Å²) in [6.45, 7) is 2.09. The summed E-state index contributed by atoms with van der Waals surface area (Å²) in [6.07, 6.45) is 0. The molecule has 3 nitrogen and oxygen atoms in total. The Labute approximate surface area is 99.9 Å². The lowest BCUT2D eigenvalue weighted by Gasteiger charge is -2.02. The van der Waals surface area contributed by atoms with Gasteiger partial charge in [0, 0.05) is 5.39 Å². The standard InChI is InChI=1S/C14H12N2O/c1-2-3-10-15-14(17)13-9-8-11-6-4-5-7-12(11)16-13/h4-9H,10H2,1H3,(H,15,17). The van der Waals surface area contributed by atoms with Crippen molar-refractivity contribution >= 4 is 16.8 Å². The highest BCUT2D eigenvalue weighted by Gasteiger charge is 2.06. The molecule has 0 spiro atoms. The number of nitrogens with one attached hydrogen (secondary N) is 1. The maximum absolute atomic E-state index is 11.7. The third-order valence-electron chi connectivity index (χ3n) is 2.35. The predicted octanol–water partition coefficient (Wildman–Crippen LogP) is 1.99. The van der Waals surface area contributed by atoms with E-state index in [0.29, 0.717) is 12.2 Å². The second-order valence-corrected chi connectivity index (χ2v) is 3.50. The lowest BCUT2D eigenvalue weighted by atomic mass is 10.2. The Kier molecular flexibility index (Phi) is 3.37. The number of para-hydroxylation sites is 1. The number of rotatable bonds is 2. The number of amides is 1. The fourth-order valence-electron chi connectivity index (χ4n) is 1.50. The largest absolute Gasteiger partial charge is 0.340 e. The summed E-state index contributed by atoms with van der Waals surface area (Å²) in [4.78, 5) is 16.0. The van der Waals surface area contributed by atoms with Crippen molar-refractivity contribution in [2.75, 3.05) is 6.54 Å². The van der Waals surface area contributed by atoms with Crippen LogP contribution in [0.15, 0.2) is 36.4 Å². The Bertz CT molecular complexity index is 608. The van der Waals surface area contributed by atoms with Crippen molar-refractivity contribution in [2.45, 2.75) is 6.92 Å². The molecule has 17 heavy (non-hydrogen) atoms. The zero-order chi connectivity index (χ0) is 12.1. The number of fused-ring (bicyclic) bond motifs is 1. The highest BCUT2D eigenvalue weighted by atomic mass is 16.1. The van der Waals surface area contributed by atoms with Gasteiger partial charge in [-0.25, -0.2) is 4.98 Å². The Balaban J connectivity index is 2.23. The Hall–Kier alpha value is -2.34. The molecule has 0 unspecified atom stereocenters. The van der Waals surface area contributed by atoms with Crippen molar-refractivity contribution < 1.29 is 4.79 Å². The van der Waals surface area contributed by atoms with Crippen LogP contribution >= 0.6 is 0 Å². The number of pyridine rings is 1. The fraction of sp³-hybridized carbons (Fsp3) is 0.143. The Morgan fingerprint density at radius 3 is 2.94 bits per heavy atom. The van der Waals surface area contributed by atoms with Gasteiger partial charge in [0.1, 0.15) is 5.69 Å². The number of carbonyl (C=O) groups excluding carboxylic acids is 1. The number of hydrogen-bond acceptors (Lipinski definition) is 2. The van der Waals surface area contributed by atoms with E-state index in [1.54, 1.807) is 13.0 Å². The van der Waals surface area contributed by atoms with Crippen molar-refractivity contribution in [1.82, 2.24) is 10.3 Å². The average Bonchev–Trinajstić information content (AvgIpc) is 2.38. The van der Waals surface area contributed by atoms with Gasteiger partial charge in [0.05, 0.1) is 12.1 Å². The number of hydrogen-bond donors (Lipinski definition) is 1. The van der Waals surface area contributed by atoms with Gasteiger partial charge < -0.3 is 5.32 Å². The molecule has 2 aromatic rings. The first-order valence-corrected chi connectivity index (χ1v) is 5.35. The van der Waals surface area contributed by atoms with Gasteiger partial charge in [-0.05, 0) is 19.1 Å². The summed E-state index contributed by atoms with van der Waals surface area (Å²) >= 11 is 0. The SMILES string of the molecule is CC#CCNC(=O)c1ccc2ccccc2n1. The van der Waals surface area contributed by atoms with E-state index < -0.39 is 0 Å². The molecule has 1 heterocycles. The Morgan fingerprint density at radius 1 is 1.29 bits per heavy atom. The van der Waals surface area contributed by atoms with Gasteiger partial charge in [-0.3, -0.25) is 4.79 Å². The molecule has 0 aliphatic heterocycles. The van der Waals surface area contributed by atoms with Gasteiger partial charge in [0.25, 0.3) is 5.91 Å². The van der Waals surface area contributed by atoms with Crippen LogP contribution in [-0.4, -0.2) is 17.4 Å². The maximum atomic E-state index is 11.7. The van der Waals surface area contributed by atoms with Crippen molar-refractivity contribution in [1.29, 1.82) is 0 Å². The topological polar surface area (TPSA) is 42.0 Å². The summed E-state index contributed by atoms with van der Waals surface area (Å²) in [5.41, 5.74) is 1.24. The second kappa shape index (κ2) is 5.13. The molecule has 0 fully saturated rings. The van der Waals surface area contributed by atoms with Gasteiger partial charge >= 0.3 is 0 Å². The summed E-state index contributed by atoms with van der Waals surface area (Å²) < 4.78 is 0. The van der Waals surface area contributed by atoms with Crippen molar-refractivity contribution in [2.24, 2.45) is 0 Å². The van der Waals surface area contributed by atoms with E-state index in [4.69, 9.17) is 0 Å². The molecule has 3 heteroatoms. The number of nitrogens with zero attached hydrogens (tertiary/aromatic N) is 1. The summed E-state index contributed by atoms with van der Waals surface area (Å²) in [5.74, 6) is 5.30. The lowest BCUT2D eigenvalue weighted by molar-refractivity contribution is 0.0954. The van der Waals surface area contributed by atoms with E-state index in [1.807, 2.05) is 30.3 Å². The van der Waals surface area contributed by atoms with Gasteiger partial charge in [-0.15, -0.1) is 5.92 Å². The minimum atomic E-state index is -0.196. The third kappa shape index (κ3) is 2.61. The fourth-order valence-corrected chi connectivity index (χ4v) is 1.50. The van der Waals surface area contributed by atoms with Gasteiger partial charge in [-0.2, -0.15) is 0 Å². The zero-order valence-corrected chi connectivity index (χ0v) is 9.53. The second-order valence-electron chi connectivity index (χ2n) is 3.50. The van der Waals surface area contributed by atoms with E-state index in [1.165, 1.54) is 0 Å². The predicted molar refractivity (Wildman–Crippen MR) is 67.5 cm³/mol. The summed E-state index contributed by atoms with van der Waals surface area (Å²) in [5, 5.41) is 3.71. The molecule has 84 valence electrons. The molecular weight excluding hydrogens is 212 g/mol. The first-order chi connectivity index (χ1) is 8.31. The van der Waals surface area contributed by atoms with E-state index in [-0.39, 0.29) is 5.91 Å². The van der Waals surface area contributed by atoms with Crippen LogP contribution in [0.25, 0.3) is 10.9 Å². The number of aromatic nitrogens is 1. The summed E-state index contributed by atoms with van der Waals surface area (Å²) in [6, 6.07) is 11.3. The normalized spacial score (nSPS) is 9.47. The molecule has 0 aliphatic rings. The molecular formula is C14H12N2O. The first kappa shape index (κ1) is 11.2. The molecule has 1 aromatic carbocycles. The van der Waals surface area contributed by atoms with Crippen LogP contribution in [-0.2, 0) is 0 Å². The van der Waals surface area contributed by atoms with Crippen LogP contribution < -0.4 is 5.32 Å². The Morgan fingerprint density at radius 2 is 2.12 bits per heavy atom.